The molecule has 1 atom stereocenters. The highest BCUT2D eigenvalue weighted by Gasteiger charge is 2.25. The van der Waals surface area contributed by atoms with Gasteiger partial charge in [-0.3, -0.25) is 4.79 Å². The van der Waals surface area contributed by atoms with Crippen molar-refractivity contribution in [3.63, 3.8) is 0 Å². The molecule has 16 heavy (non-hydrogen) atoms. The molecule has 1 aromatic rings. The van der Waals surface area contributed by atoms with E-state index in [-0.39, 0.29) is 11.9 Å². The predicted octanol–water partition coefficient (Wildman–Crippen LogP) is 1.90. The highest BCUT2D eigenvalue weighted by molar-refractivity contribution is 9.10. The van der Waals surface area contributed by atoms with Gasteiger partial charge in [0.2, 0.25) is 5.91 Å². The summed E-state index contributed by atoms with van der Waals surface area (Å²) in [5.74, 6) is 0.0752. The van der Waals surface area contributed by atoms with E-state index in [4.69, 9.17) is 5.73 Å². The summed E-state index contributed by atoms with van der Waals surface area (Å²) in [6.07, 6.45) is 1.81. The molecule has 0 aliphatic carbocycles. The monoisotopic (exact) mass is 282 g/mol. The lowest BCUT2D eigenvalue weighted by atomic mass is 10.0. The first-order valence-electron chi connectivity index (χ1n) is 5.45. The number of benzene rings is 1. The number of likely N-dealkylation sites (tertiary alicyclic amines) is 1. The summed E-state index contributed by atoms with van der Waals surface area (Å²) in [5, 5.41) is 0. The summed E-state index contributed by atoms with van der Waals surface area (Å²) in [7, 11) is 0. The highest BCUT2D eigenvalue weighted by Crippen LogP contribution is 2.16. The number of amides is 1. The van der Waals surface area contributed by atoms with Gasteiger partial charge in [0.15, 0.2) is 0 Å². The van der Waals surface area contributed by atoms with Crippen molar-refractivity contribution in [2.75, 3.05) is 6.54 Å². The van der Waals surface area contributed by atoms with Crippen LogP contribution < -0.4 is 5.73 Å². The molecule has 0 aromatic heterocycles. The SMILES string of the molecule is NC1CCCN(Cc2cccc(Br)c2)C1=O. The van der Waals surface area contributed by atoms with E-state index in [1.807, 2.05) is 29.2 Å². The Morgan fingerprint density at radius 1 is 1.50 bits per heavy atom. The van der Waals surface area contributed by atoms with Crippen LogP contribution in [0.1, 0.15) is 18.4 Å². The van der Waals surface area contributed by atoms with E-state index in [0.29, 0.717) is 6.54 Å². The molecule has 86 valence electrons. The molecule has 2 rings (SSSR count). The van der Waals surface area contributed by atoms with Gasteiger partial charge in [-0.1, -0.05) is 28.1 Å². The average molecular weight is 283 g/mol. The van der Waals surface area contributed by atoms with E-state index in [9.17, 15) is 4.79 Å². The quantitative estimate of drug-likeness (QED) is 0.901. The third-order valence-electron chi connectivity index (χ3n) is 2.83. The summed E-state index contributed by atoms with van der Waals surface area (Å²) < 4.78 is 1.04. The molecule has 1 aromatic carbocycles. The van der Waals surface area contributed by atoms with Crippen molar-refractivity contribution in [3.05, 3.63) is 34.3 Å². The topological polar surface area (TPSA) is 46.3 Å². The molecule has 1 unspecified atom stereocenters. The van der Waals surface area contributed by atoms with Gasteiger partial charge in [-0.15, -0.1) is 0 Å². The first kappa shape index (κ1) is 11.6. The van der Waals surface area contributed by atoms with Crippen LogP contribution in [0.25, 0.3) is 0 Å². The van der Waals surface area contributed by atoms with Crippen molar-refractivity contribution >= 4 is 21.8 Å². The van der Waals surface area contributed by atoms with Crippen molar-refractivity contribution in [2.45, 2.75) is 25.4 Å². The second-order valence-corrected chi connectivity index (χ2v) is 5.05. The number of halogens is 1. The number of nitrogens with zero attached hydrogens (tertiary/aromatic N) is 1. The van der Waals surface area contributed by atoms with Crippen LogP contribution in [0.2, 0.25) is 0 Å². The van der Waals surface area contributed by atoms with E-state index >= 15 is 0 Å². The van der Waals surface area contributed by atoms with Crippen LogP contribution in [0, 0.1) is 0 Å². The Morgan fingerprint density at radius 3 is 3.06 bits per heavy atom. The molecule has 1 amide bonds. The van der Waals surface area contributed by atoms with E-state index in [1.54, 1.807) is 0 Å². The lowest BCUT2D eigenvalue weighted by molar-refractivity contribution is -0.135. The Morgan fingerprint density at radius 2 is 2.31 bits per heavy atom. The smallest absolute Gasteiger partial charge is 0.239 e. The minimum Gasteiger partial charge on any atom is -0.337 e. The van der Waals surface area contributed by atoms with Gasteiger partial charge in [-0.05, 0) is 30.5 Å². The molecule has 1 aliphatic rings. The molecule has 1 heterocycles. The van der Waals surface area contributed by atoms with Crippen LogP contribution in [-0.2, 0) is 11.3 Å². The van der Waals surface area contributed by atoms with Gasteiger partial charge in [0.1, 0.15) is 0 Å². The molecule has 0 saturated carbocycles. The molecular weight excluding hydrogens is 268 g/mol. The van der Waals surface area contributed by atoms with Crippen LogP contribution in [0.3, 0.4) is 0 Å². The molecular formula is C12H15BrN2O. The number of carbonyl (C=O) groups excluding carboxylic acids is 1. The molecule has 0 spiro atoms. The Balaban J connectivity index is 2.06. The largest absolute Gasteiger partial charge is 0.337 e. The molecule has 1 aliphatic heterocycles. The number of rotatable bonds is 2. The number of nitrogens with two attached hydrogens (primary N) is 1. The van der Waals surface area contributed by atoms with E-state index in [1.165, 1.54) is 0 Å². The van der Waals surface area contributed by atoms with Gasteiger partial charge in [0.25, 0.3) is 0 Å². The molecule has 0 radical (unpaired) electrons. The van der Waals surface area contributed by atoms with Gasteiger partial charge in [-0.25, -0.2) is 0 Å². The zero-order valence-corrected chi connectivity index (χ0v) is 10.6. The van der Waals surface area contributed by atoms with Crippen LogP contribution in [0.15, 0.2) is 28.7 Å². The van der Waals surface area contributed by atoms with Gasteiger partial charge in [0, 0.05) is 17.6 Å². The molecule has 0 bridgehead atoms. The normalized spacial score (nSPS) is 21.2. The first-order valence-corrected chi connectivity index (χ1v) is 6.25. The van der Waals surface area contributed by atoms with Gasteiger partial charge in [-0.2, -0.15) is 0 Å². The Kier molecular flexibility index (Phi) is 3.61. The summed E-state index contributed by atoms with van der Waals surface area (Å²) in [4.78, 5) is 13.6. The fraction of sp³-hybridized carbons (Fsp3) is 0.417. The first-order chi connectivity index (χ1) is 7.66. The van der Waals surface area contributed by atoms with Gasteiger partial charge < -0.3 is 10.6 Å². The van der Waals surface area contributed by atoms with Gasteiger partial charge in [0.05, 0.1) is 6.04 Å². The van der Waals surface area contributed by atoms with Crippen molar-refractivity contribution in [1.82, 2.24) is 4.90 Å². The molecule has 1 fully saturated rings. The fourth-order valence-electron chi connectivity index (χ4n) is 1.98. The standard InChI is InChI=1S/C12H15BrN2O/c13-10-4-1-3-9(7-10)8-15-6-2-5-11(14)12(15)16/h1,3-4,7,11H,2,5-6,8,14H2. The number of hydrogen-bond acceptors (Lipinski definition) is 2. The Bertz CT molecular complexity index is 394. The van der Waals surface area contributed by atoms with Crippen LogP contribution >= 0.6 is 15.9 Å². The fourth-order valence-corrected chi connectivity index (χ4v) is 2.43. The molecule has 2 N–H and O–H groups in total. The maximum Gasteiger partial charge on any atom is 0.239 e. The van der Waals surface area contributed by atoms with Crippen molar-refractivity contribution in [1.29, 1.82) is 0 Å². The lowest BCUT2D eigenvalue weighted by Gasteiger charge is -2.30. The minimum absolute atomic E-state index is 0.0752. The molecule has 3 nitrogen and oxygen atoms in total. The van der Waals surface area contributed by atoms with E-state index < -0.39 is 0 Å². The second-order valence-electron chi connectivity index (χ2n) is 4.14. The average Bonchev–Trinajstić information content (AvgIpc) is 2.25. The van der Waals surface area contributed by atoms with Crippen molar-refractivity contribution in [3.8, 4) is 0 Å². The lowest BCUT2D eigenvalue weighted by Crippen LogP contribution is -2.47. The zero-order valence-electron chi connectivity index (χ0n) is 9.03. The summed E-state index contributed by atoms with van der Waals surface area (Å²) in [6, 6.07) is 7.72. The van der Waals surface area contributed by atoms with Crippen LogP contribution in [0.5, 0.6) is 0 Å². The third-order valence-corrected chi connectivity index (χ3v) is 3.33. The Labute approximate surface area is 104 Å². The van der Waals surface area contributed by atoms with Crippen LogP contribution in [0.4, 0.5) is 0 Å². The summed E-state index contributed by atoms with van der Waals surface area (Å²) in [5.41, 5.74) is 6.89. The maximum atomic E-state index is 11.8. The summed E-state index contributed by atoms with van der Waals surface area (Å²) in [6.45, 7) is 1.48. The Hall–Kier alpha value is -0.870. The third kappa shape index (κ3) is 2.62. The van der Waals surface area contributed by atoms with E-state index in [0.717, 1.165) is 29.4 Å². The highest BCUT2D eigenvalue weighted by atomic mass is 79.9. The number of piperidine rings is 1. The minimum atomic E-state index is -0.305. The van der Waals surface area contributed by atoms with Crippen molar-refractivity contribution in [2.24, 2.45) is 5.73 Å². The molecule has 1 saturated heterocycles. The predicted molar refractivity (Wildman–Crippen MR) is 66.8 cm³/mol. The van der Waals surface area contributed by atoms with E-state index in [2.05, 4.69) is 15.9 Å². The van der Waals surface area contributed by atoms with Crippen molar-refractivity contribution < 1.29 is 4.79 Å². The number of hydrogen-bond donors (Lipinski definition) is 1. The second kappa shape index (κ2) is 4.97. The zero-order chi connectivity index (χ0) is 11.5. The summed E-state index contributed by atoms with van der Waals surface area (Å²) >= 11 is 3.43. The van der Waals surface area contributed by atoms with Gasteiger partial charge >= 0.3 is 0 Å². The maximum absolute atomic E-state index is 11.8. The molecule has 4 heteroatoms. The number of carbonyl (C=O) groups is 1. The van der Waals surface area contributed by atoms with Crippen LogP contribution in [-0.4, -0.2) is 23.4 Å².